The van der Waals surface area contributed by atoms with Crippen LogP contribution in [0.1, 0.15) is 16.7 Å². The van der Waals surface area contributed by atoms with Gasteiger partial charge in [0.25, 0.3) is 0 Å². The monoisotopic (exact) mass is 392 g/mol. The molecule has 2 aliphatic heterocycles. The van der Waals surface area contributed by atoms with Gasteiger partial charge in [-0.05, 0) is 42.0 Å². The summed E-state index contributed by atoms with van der Waals surface area (Å²) < 4.78 is 0. The van der Waals surface area contributed by atoms with Gasteiger partial charge in [0.05, 0.1) is 11.4 Å². The van der Waals surface area contributed by atoms with E-state index in [-0.39, 0.29) is 5.91 Å². The van der Waals surface area contributed by atoms with Crippen LogP contribution in [0, 0.1) is 0 Å². The van der Waals surface area contributed by atoms with E-state index in [0.717, 1.165) is 28.1 Å². The Kier molecular flexibility index (Phi) is 3.48. The van der Waals surface area contributed by atoms with E-state index in [9.17, 15) is 4.79 Å². The highest BCUT2D eigenvalue weighted by atomic mass is 35.5. The van der Waals surface area contributed by atoms with Crippen molar-refractivity contribution in [3.05, 3.63) is 93.5 Å². The molecule has 0 saturated carbocycles. The molecule has 3 aromatic rings. The van der Waals surface area contributed by atoms with Crippen molar-refractivity contribution >= 4 is 46.2 Å². The number of fused-ring (bicyclic) bond motifs is 4. The second-order valence-electron chi connectivity index (χ2n) is 6.76. The van der Waals surface area contributed by atoms with E-state index in [1.54, 1.807) is 18.0 Å². The average Bonchev–Trinajstić information content (AvgIpc) is 3.12. The van der Waals surface area contributed by atoms with Gasteiger partial charge in [0.15, 0.2) is 0 Å². The first kappa shape index (κ1) is 16.5. The number of anilines is 1. The Labute approximate surface area is 166 Å². The predicted octanol–water partition coefficient (Wildman–Crippen LogP) is 5.39. The minimum Gasteiger partial charge on any atom is -0.314 e. The molecule has 0 radical (unpaired) electrons. The summed E-state index contributed by atoms with van der Waals surface area (Å²) in [5, 5.41) is 1.22. The largest absolute Gasteiger partial charge is 0.314 e. The lowest BCUT2D eigenvalue weighted by Gasteiger charge is -2.27. The number of amides is 1. The van der Waals surface area contributed by atoms with E-state index in [0.29, 0.717) is 15.8 Å². The van der Waals surface area contributed by atoms with E-state index in [1.165, 1.54) is 0 Å². The van der Waals surface area contributed by atoms with Crippen molar-refractivity contribution in [2.75, 3.05) is 11.9 Å². The fourth-order valence-electron chi connectivity index (χ4n) is 4.18. The molecule has 0 fully saturated rings. The van der Waals surface area contributed by atoms with E-state index >= 15 is 0 Å². The van der Waals surface area contributed by atoms with E-state index < -0.39 is 5.41 Å². The van der Waals surface area contributed by atoms with Crippen LogP contribution in [0.2, 0.25) is 10.0 Å². The van der Waals surface area contributed by atoms with Gasteiger partial charge < -0.3 is 4.90 Å². The van der Waals surface area contributed by atoms with Crippen molar-refractivity contribution in [2.24, 2.45) is 4.99 Å². The average molecular weight is 393 g/mol. The second-order valence-corrected chi connectivity index (χ2v) is 7.63. The zero-order chi connectivity index (χ0) is 18.8. The van der Waals surface area contributed by atoms with Crippen LogP contribution in [0.3, 0.4) is 0 Å². The maximum absolute atomic E-state index is 13.7. The van der Waals surface area contributed by atoms with Gasteiger partial charge in [-0.25, -0.2) is 0 Å². The molecule has 3 nitrogen and oxygen atoms in total. The van der Waals surface area contributed by atoms with E-state index in [4.69, 9.17) is 28.2 Å². The van der Waals surface area contributed by atoms with Gasteiger partial charge in [0.1, 0.15) is 5.41 Å². The summed E-state index contributed by atoms with van der Waals surface area (Å²) in [4.78, 5) is 20.3. The summed E-state index contributed by atoms with van der Waals surface area (Å²) in [6.45, 7) is 0. The fraction of sp³-hybridized carbons (Fsp3) is 0.0909. The molecule has 3 aromatic carbocycles. The zero-order valence-electron chi connectivity index (χ0n) is 14.4. The van der Waals surface area contributed by atoms with E-state index in [2.05, 4.69) is 0 Å². The Morgan fingerprint density at radius 1 is 0.889 bits per heavy atom. The Morgan fingerprint density at radius 2 is 1.59 bits per heavy atom. The maximum Gasteiger partial charge on any atom is 0.248 e. The van der Waals surface area contributed by atoms with Crippen molar-refractivity contribution in [2.45, 2.75) is 5.41 Å². The molecule has 1 atom stereocenters. The minimum absolute atomic E-state index is 0.0292. The number of likely N-dealkylation sites (N-methyl/N-ethyl adjacent to an activating group) is 1. The first-order chi connectivity index (χ1) is 13.0. The standard InChI is InChI=1S/C22H14Cl2N2O/c1-26-19-5-3-2-4-16(19)22(21(26)27)17-12-15(24)10-11-18(17)25-20(22)13-6-8-14(23)9-7-13/h2-12H,1H3. The SMILES string of the molecule is CN1C(=O)C2(C(c3ccc(Cl)cc3)=Nc3ccc(Cl)cc32)c2ccccc21. The highest BCUT2D eigenvalue weighted by Gasteiger charge is 2.58. The topological polar surface area (TPSA) is 32.7 Å². The Morgan fingerprint density at radius 3 is 2.37 bits per heavy atom. The quantitative estimate of drug-likeness (QED) is 0.546. The molecule has 0 N–H and O–H groups in total. The fourth-order valence-corrected chi connectivity index (χ4v) is 4.47. The number of rotatable bonds is 1. The molecule has 0 aromatic heterocycles. The molecule has 5 heteroatoms. The van der Waals surface area contributed by atoms with Crippen LogP contribution in [0.25, 0.3) is 0 Å². The predicted molar refractivity (Wildman–Crippen MR) is 110 cm³/mol. The summed E-state index contributed by atoms with van der Waals surface area (Å²) in [5.41, 5.74) is 3.97. The molecule has 1 amide bonds. The van der Waals surface area contributed by atoms with Crippen molar-refractivity contribution in [1.82, 2.24) is 0 Å². The Bertz CT molecular complexity index is 1140. The number of aliphatic imine (C=N–C) groups is 1. The van der Waals surface area contributed by atoms with Crippen molar-refractivity contribution in [1.29, 1.82) is 0 Å². The van der Waals surface area contributed by atoms with Gasteiger partial charge in [-0.15, -0.1) is 0 Å². The Hall–Kier alpha value is -2.62. The van der Waals surface area contributed by atoms with Gasteiger partial charge >= 0.3 is 0 Å². The first-order valence-electron chi connectivity index (χ1n) is 8.56. The number of para-hydroxylation sites is 1. The van der Waals surface area contributed by atoms with E-state index in [1.807, 2.05) is 60.7 Å². The lowest BCUT2D eigenvalue weighted by Crippen LogP contribution is -2.44. The molecular formula is C22H14Cl2N2O. The number of benzene rings is 3. The molecule has 2 aliphatic rings. The number of carbonyl (C=O) groups is 1. The first-order valence-corrected chi connectivity index (χ1v) is 9.32. The molecule has 5 rings (SSSR count). The molecular weight excluding hydrogens is 379 g/mol. The number of nitrogens with zero attached hydrogens (tertiary/aromatic N) is 2. The molecule has 1 spiro atoms. The lowest BCUT2D eigenvalue weighted by atomic mass is 9.71. The number of carbonyl (C=O) groups excluding carboxylic acids is 1. The third kappa shape index (κ3) is 2.10. The van der Waals surface area contributed by atoms with Gasteiger partial charge in [-0.1, -0.05) is 53.5 Å². The molecule has 2 heterocycles. The third-order valence-corrected chi connectivity index (χ3v) is 5.85. The summed E-state index contributed by atoms with van der Waals surface area (Å²) in [5.74, 6) is -0.0292. The van der Waals surface area contributed by atoms with Crippen LogP contribution in [-0.2, 0) is 10.2 Å². The highest BCUT2D eigenvalue weighted by Crippen LogP contribution is 2.54. The van der Waals surface area contributed by atoms with Crippen molar-refractivity contribution in [3.8, 4) is 0 Å². The Balaban J connectivity index is 1.88. The molecule has 132 valence electrons. The summed E-state index contributed by atoms with van der Waals surface area (Å²) in [6, 6.07) is 20.8. The van der Waals surface area contributed by atoms with Crippen LogP contribution in [-0.4, -0.2) is 18.7 Å². The molecule has 27 heavy (non-hydrogen) atoms. The van der Waals surface area contributed by atoms with Gasteiger partial charge in [-0.3, -0.25) is 9.79 Å². The van der Waals surface area contributed by atoms with Crippen LogP contribution in [0.4, 0.5) is 11.4 Å². The van der Waals surface area contributed by atoms with Crippen LogP contribution < -0.4 is 4.90 Å². The lowest BCUT2D eigenvalue weighted by molar-refractivity contribution is -0.119. The normalized spacial score (nSPS) is 20.0. The zero-order valence-corrected chi connectivity index (χ0v) is 15.9. The van der Waals surface area contributed by atoms with Crippen molar-refractivity contribution in [3.63, 3.8) is 0 Å². The number of hydrogen-bond donors (Lipinski definition) is 0. The van der Waals surface area contributed by atoms with Gasteiger partial charge in [0.2, 0.25) is 5.91 Å². The van der Waals surface area contributed by atoms with Crippen molar-refractivity contribution < 1.29 is 4.79 Å². The van der Waals surface area contributed by atoms with Crippen LogP contribution in [0.15, 0.2) is 71.7 Å². The summed E-state index contributed by atoms with van der Waals surface area (Å²) >= 11 is 12.4. The minimum atomic E-state index is -1.00. The summed E-state index contributed by atoms with van der Waals surface area (Å²) in [7, 11) is 1.80. The summed E-state index contributed by atoms with van der Waals surface area (Å²) in [6.07, 6.45) is 0. The van der Waals surface area contributed by atoms with Crippen LogP contribution >= 0.6 is 23.2 Å². The van der Waals surface area contributed by atoms with Gasteiger partial charge in [0, 0.05) is 33.9 Å². The third-order valence-electron chi connectivity index (χ3n) is 5.36. The smallest absolute Gasteiger partial charge is 0.248 e. The molecule has 0 aliphatic carbocycles. The van der Waals surface area contributed by atoms with Crippen LogP contribution in [0.5, 0.6) is 0 Å². The molecule has 0 saturated heterocycles. The highest BCUT2D eigenvalue weighted by molar-refractivity contribution is 6.35. The maximum atomic E-state index is 13.7. The number of halogens is 2. The molecule has 1 unspecified atom stereocenters. The second kappa shape index (κ2) is 5.69. The molecule has 0 bridgehead atoms. The number of hydrogen-bond acceptors (Lipinski definition) is 2. The van der Waals surface area contributed by atoms with Gasteiger partial charge in [-0.2, -0.15) is 0 Å².